The lowest BCUT2D eigenvalue weighted by Crippen LogP contribution is -2.26. The first-order chi connectivity index (χ1) is 9.01. The Labute approximate surface area is 115 Å². The molecule has 0 spiro atoms. The quantitative estimate of drug-likeness (QED) is 0.796. The normalized spacial score (nSPS) is 12.3. The topological polar surface area (TPSA) is 64.4 Å². The fraction of sp³-hybridized carbons (Fsp3) is 0.533. The third-order valence-electron chi connectivity index (χ3n) is 2.62. The molecule has 1 aromatic rings. The molecular formula is C15H24N2O2. The molecule has 0 bridgehead atoms. The van der Waals surface area contributed by atoms with Gasteiger partial charge in [0.1, 0.15) is 5.75 Å². The molecule has 0 radical (unpaired) electrons. The molecule has 0 heterocycles. The third kappa shape index (κ3) is 6.25. The number of rotatable bonds is 7. The number of anilines is 1. The molecular weight excluding hydrogens is 240 g/mol. The van der Waals surface area contributed by atoms with Crippen LogP contribution in [-0.4, -0.2) is 18.1 Å². The first kappa shape index (κ1) is 15.5. The van der Waals surface area contributed by atoms with E-state index in [0.29, 0.717) is 6.42 Å². The van der Waals surface area contributed by atoms with E-state index in [2.05, 4.69) is 12.2 Å². The van der Waals surface area contributed by atoms with Gasteiger partial charge in [0, 0.05) is 18.2 Å². The van der Waals surface area contributed by atoms with Crippen LogP contribution in [0.3, 0.4) is 0 Å². The summed E-state index contributed by atoms with van der Waals surface area (Å²) in [5, 5.41) is 2.84. The molecule has 1 rings (SSSR count). The van der Waals surface area contributed by atoms with Crippen molar-refractivity contribution in [3.63, 3.8) is 0 Å². The van der Waals surface area contributed by atoms with Crippen molar-refractivity contribution in [1.29, 1.82) is 0 Å². The van der Waals surface area contributed by atoms with E-state index < -0.39 is 0 Å². The number of carbonyl (C=O) groups excluding carboxylic acids is 1. The molecule has 4 nitrogen and oxygen atoms in total. The Bertz CT molecular complexity index is 388. The Morgan fingerprint density at radius 1 is 1.32 bits per heavy atom. The van der Waals surface area contributed by atoms with Gasteiger partial charge in [0.05, 0.1) is 6.10 Å². The zero-order valence-corrected chi connectivity index (χ0v) is 12.0. The highest BCUT2D eigenvalue weighted by Crippen LogP contribution is 2.17. The molecule has 0 fully saturated rings. The maximum atomic E-state index is 11.7. The highest BCUT2D eigenvalue weighted by Gasteiger charge is 2.09. The van der Waals surface area contributed by atoms with E-state index in [1.807, 2.05) is 38.1 Å². The summed E-state index contributed by atoms with van der Waals surface area (Å²) in [5.41, 5.74) is 6.61. The Hall–Kier alpha value is -1.55. The summed E-state index contributed by atoms with van der Waals surface area (Å²) in [5.74, 6) is 0.758. The predicted octanol–water partition coefficient (Wildman–Crippen LogP) is 2.93. The second-order valence-electron chi connectivity index (χ2n) is 4.99. The van der Waals surface area contributed by atoms with Gasteiger partial charge in [-0.3, -0.25) is 4.79 Å². The van der Waals surface area contributed by atoms with Crippen LogP contribution in [0.5, 0.6) is 5.75 Å². The molecule has 0 aromatic heterocycles. The Balaban J connectivity index is 2.46. The predicted molar refractivity (Wildman–Crippen MR) is 78.3 cm³/mol. The first-order valence-electron chi connectivity index (χ1n) is 6.83. The van der Waals surface area contributed by atoms with Crippen molar-refractivity contribution in [1.82, 2.24) is 0 Å². The van der Waals surface area contributed by atoms with E-state index in [9.17, 15) is 4.79 Å². The van der Waals surface area contributed by atoms with Crippen molar-refractivity contribution in [3.8, 4) is 5.75 Å². The largest absolute Gasteiger partial charge is 0.491 e. The molecule has 0 aliphatic rings. The summed E-state index contributed by atoms with van der Waals surface area (Å²) in [6.45, 7) is 6.01. The van der Waals surface area contributed by atoms with Gasteiger partial charge in [0.25, 0.3) is 0 Å². The second-order valence-corrected chi connectivity index (χ2v) is 4.99. The van der Waals surface area contributed by atoms with Crippen molar-refractivity contribution in [2.24, 2.45) is 5.73 Å². The number of ether oxygens (including phenoxy) is 1. The molecule has 1 amide bonds. The van der Waals surface area contributed by atoms with Gasteiger partial charge in [-0.25, -0.2) is 0 Å². The molecule has 4 heteroatoms. The van der Waals surface area contributed by atoms with Crippen LogP contribution in [0.25, 0.3) is 0 Å². The summed E-state index contributed by atoms with van der Waals surface area (Å²) >= 11 is 0. The number of amides is 1. The van der Waals surface area contributed by atoms with Crippen LogP contribution in [-0.2, 0) is 4.79 Å². The number of nitrogens with two attached hydrogens (primary N) is 1. The summed E-state index contributed by atoms with van der Waals surface area (Å²) in [4.78, 5) is 11.7. The van der Waals surface area contributed by atoms with Gasteiger partial charge >= 0.3 is 0 Å². The highest BCUT2D eigenvalue weighted by atomic mass is 16.5. The maximum Gasteiger partial charge on any atom is 0.225 e. The Morgan fingerprint density at radius 3 is 2.47 bits per heavy atom. The van der Waals surface area contributed by atoms with Gasteiger partial charge in [0.2, 0.25) is 5.91 Å². The molecule has 0 saturated carbocycles. The van der Waals surface area contributed by atoms with Crippen LogP contribution in [0.15, 0.2) is 24.3 Å². The zero-order valence-electron chi connectivity index (χ0n) is 12.0. The van der Waals surface area contributed by atoms with Crippen molar-refractivity contribution in [2.75, 3.05) is 5.32 Å². The number of benzene rings is 1. The smallest absolute Gasteiger partial charge is 0.225 e. The average molecular weight is 264 g/mol. The molecule has 0 aliphatic heterocycles. The third-order valence-corrected chi connectivity index (χ3v) is 2.62. The van der Waals surface area contributed by atoms with Gasteiger partial charge in [-0.15, -0.1) is 0 Å². The van der Waals surface area contributed by atoms with E-state index in [1.54, 1.807) is 0 Å². The summed E-state index contributed by atoms with van der Waals surface area (Å²) in [6, 6.07) is 7.30. The molecule has 1 atom stereocenters. The second kappa shape index (κ2) is 7.79. The van der Waals surface area contributed by atoms with Crippen LogP contribution < -0.4 is 15.8 Å². The van der Waals surface area contributed by atoms with E-state index >= 15 is 0 Å². The van der Waals surface area contributed by atoms with Gasteiger partial charge in [-0.05, 0) is 44.5 Å². The number of hydrogen-bond acceptors (Lipinski definition) is 3. The van der Waals surface area contributed by atoms with Crippen LogP contribution in [0.2, 0.25) is 0 Å². The van der Waals surface area contributed by atoms with Crippen LogP contribution in [0.4, 0.5) is 5.69 Å². The van der Waals surface area contributed by atoms with E-state index in [1.165, 1.54) is 0 Å². The molecule has 106 valence electrons. The number of carbonyl (C=O) groups is 1. The monoisotopic (exact) mass is 264 g/mol. The molecule has 0 aliphatic carbocycles. The van der Waals surface area contributed by atoms with Gasteiger partial charge < -0.3 is 15.8 Å². The van der Waals surface area contributed by atoms with E-state index in [4.69, 9.17) is 10.5 Å². The van der Waals surface area contributed by atoms with E-state index in [-0.39, 0.29) is 18.1 Å². The van der Waals surface area contributed by atoms with Gasteiger partial charge in [-0.2, -0.15) is 0 Å². The van der Waals surface area contributed by atoms with E-state index in [0.717, 1.165) is 24.3 Å². The lowest BCUT2D eigenvalue weighted by Gasteiger charge is -2.12. The Kier molecular flexibility index (Phi) is 6.36. The number of hydrogen-bond donors (Lipinski definition) is 2. The Morgan fingerprint density at radius 2 is 1.95 bits per heavy atom. The minimum atomic E-state index is -0.0615. The molecule has 3 N–H and O–H groups in total. The van der Waals surface area contributed by atoms with Crippen molar-refractivity contribution in [2.45, 2.75) is 52.2 Å². The lowest BCUT2D eigenvalue weighted by molar-refractivity contribution is -0.116. The SMILES string of the molecule is CCCC(N)CC(=O)Nc1ccc(OC(C)C)cc1. The first-order valence-corrected chi connectivity index (χ1v) is 6.83. The lowest BCUT2D eigenvalue weighted by atomic mass is 10.1. The average Bonchev–Trinajstić information content (AvgIpc) is 2.31. The minimum Gasteiger partial charge on any atom is -0.491 e. The van der Waals surface area contributed by atoms with Gasteiger partial charge in [0.15, 0.2) is 0 Å². The molecule has 19 heavy (non-hydrogen) atoms. The fourth-order valence-corrected chi connectivity index (χ4v) is 1.81. The van der Waals surface area contributed by atoms with Gasteiger partial charge in [-0.1, -0.05) is 13.3 Å². The molecule has 1 aromatic carbocycles. The highest BCUT2D eigenvalue weighted by molar-refractivity contribution is 5.91. The fourth-order valence-electron chi connectivity index (χ4n) is 1.81. The summed E-state index contributed by atoms with van der Waals surface area (Å²) in [7, 11) is 0. The zero-order chi connectivity index (χ0) is 14.3. The van der Waals surface area contributed by atoms with Crippen molar-refractivity contribution in [3.05, 3.63) is 24.3 Å². The van der Waals surface area contributed by atoms with Crippen LogP contribution in [0, 0.1) is 0 Å². The standard InChI is InChI=1S/C15H24N2O2/c1-4-5-12(16)10-15(18)17-13-6-8-14(9-7-13)19-11(2)3/h6-9,11-12H,4-5,10,16H2,1-3H3,(H,17,18). The number of nitrogens with one attached hydrogen (secondary N) is 1. The van der Waals surface area contributed by atoms with Crippen molar-refractivity contribution >= 4 is 11.6 Å². The van der Waals surface area contributed by atoms with Crippen LogP contribution in [0.1, 0.15) is 40.0 Å². The minimum absolute atomic E-state index is 0.0431. The summed E-state index contributed by atoms with van der Waals surface area (Å²) < 4.78 is 5.54. The van der Waals surface area contributed by atoms with Crippen LogP contribution >= 0.6 is 0 Å². The maximum absolute atomic E-state index is 11.7. The molecule has 0 saturated heterocycles. The molecule has 1 unspecified atom stereocenters. The summed E-state index contributed by atoms with van der Waals surface area (Å²) in [6.07, 6.45) is 2.37. The van der Waals surface area contributed by atoms with Crippen molar-refractivity contribution < 1.29 is 9.53 Å².